The number of para-hydroxylation sites is 3. The van der Waals surface area contributed by atoms with Gasteiger partial charge in [0.1, 0.15) is 5.82 Å². The van der Waals surface area contributed by atoms with Gasteiger partial charge >= 0.3 is 0 Å². The lowest BCUT2D eigenvalue weighted by molar-refractivity contribution is -0.115. The summed E-state index contributed by atoms with van der Waals surface area (Å²) in [6, 6.07) is 35.5. The Bertz CT molecular complexity index is 1630. The van der Waals surface area contributed by atoms with E-state index in [9.17, 15) is 4.79 Å². The molecule has 0 aliphatic carbocycles. The minimum absolute atomic E-state index is 0.0275. The SMILES string of the molecule is CC(C)Cc1ccc([C@@H](C)c2nnc(SCC(=O)N3c4ccccc4CCc4ccccc43)n2-c2ccccc2)cc1. The molecule has 1 aliphatic rings. The van der Waals surface area contributed by atoms with E-state index in [4.69, 9.17) is 0 Å². The zero-order valence-corrected chi connectivity index (χ0v) is 25.2. The van der Waals surface area contributed by atoms with Crippen LogP contribution in [0.4, 0.5) is 11.4 Å². The normalized spacial score (nSPS) is 13.4. The summed E-state index contributed by atoms with van der Waals surface area (Å²) in [4.78, 5) is 15.9. The highest BCUT2D eigenvalue weighted by Crippen LogP contribution is 2.37. The highest BCUT2D eigenvalue weighted by Gasteiger charge is 2.27. The van der Waals surface area contributed by atoms with E-state index in [0.717, 1.165) is 42.1 Å². The molecule has 0 fully saturated rings. The number of anilines is 2. The van der Waals surface area contributed by atoms with E-state index in [1.165, 1.54) is 34.0 Å². The fourth-order valence-corrected chi connectivity index (χ4v) is 6.59. The second-order valence-electron chi connectivity index (χ2n) is 11.3. The highest BCUT2D eigenvalue weighted by atomic mass is 32.2. The van der Waals surface area contributed by atoms with Gasteiger partial charge in [0.25, 0.3) is 0 Å². The first-order chi connectivity index (χ1) is 20.5. The van der Waals surface area contributed by atoms with Crippen LogP contribution in [0.5, 0.6) is 0 Å². The van der Waals surface area contributed by atoms with Crippen LogP contribution in [-0.4, -0.2) is 26.4 Å². The standard InChI is InChI=1S/C36H36N4OS/c1-25(2)23-27-17-19-28(20-18-27)26(3)35-37-38-36(39(35)31-13-5-4-6-14-31)42-24-34(41)40-32-15-9-7-11-29(32)21-22-30-12-8-10-16-33(30)40/h4-20,25-26H,21-24H2,1-3H3/t26-/m1/s1. The molecule has 1 aliphatic heterocycles. The van der Waals surface area contributed by atoms with E-state index in [2.05, 4.69) is 108 Å². The molecule has 0 bridgehead atoms. The fourth-order valence-electron chi connectivity index (χ4n) is 5.78. The molecule has 1 aromatic heterocycles. The smallest absolute Gasteiger partial charge is 0.242 e. The van der Waals surface area contributed by atoms with Crippen molar-refractivity contribution in [2.45, 2.75) is 51.1 Å². The molecule has 1 atom stereocenters. The molecule has 0 unspecified atom stereocenters. The van der Waals surface area contributed by atoms with Gasteiger partial charge in [0.05, 0.1) is 17.1 Å². The number of aromatic nitrogens is 3. The number of rotatable bonds is 8. The quantitative estimate of drug-likeness (QED) is 0.176. The molecule has 6 rings (SSSR count). The Morgan fingerprint density at radius 1 is 0.762 bits per heavy atom. The van der Waals surface area contributed by atoms with Crippen molar-refractivity contribution >= 4 is 29.0 Å². The average Bonchev–Trinajstić information content (AvgIpc) is 3.36. The van der Waals surface area contributed by atoms with Gasteiger partial charge in [0.2, 0.25) is 5.91 Å². The van der Waals surface area contributed by atoms with Crippen molar-refractivity contribution in [2.75, 3.05) is 10.7 Å². The molecular weight excluding hydrogens is 536 g/mol. The predicted octanol–water partition coefficient (Wildman–Crippen LogP) is 8.17. The Kier molecular flexibility index (Phi) is 8.24. The molecule has 0 saturated carbocycles. The van der Waals surface area contributed by atoms with Gasteiger partial charge in [-0.25, -0.2) is 0 Å². The topological polar surface area (TPSA) is 51.0 Å². The number of hydrogen-bond acceptors (Lipinski definition) is 4. The molecule has 0 N–H and O–H groups in total. The molecule has 212 valence electrons. The first kappa shape index (κ1) is 28.0. The molecule has 5 nitrogen and oxygen atoms in total. The van der Waals surface area contributed by atoms with Crippen LogP contribution in [0.2, 0.25) is 0 Å². The number of amides is 1. The third kappa shape index (κ3) is 5.77. The zero-order valence-electron chi connectivity index (χ0n) is 24.4. The molecule has 0 spiro atoms. The van der Waals surface area contributed by atoms with Gasteiger partial charge in [-0.3, -0.25) is 14.3 Å². The summed E-state index contributed by atoms with van der Waals surface area (Å²) in [5.74, 6) is 1.78. The van der Waals surface area contributed by atoms with Crippen molar-refractivity contribution in [1.29, 1.82) is 0 Å². The van der Waals surface area contributed by atoms with Gasteiger partial charge in [-0.15, -0.1) is 10.2 Å². The van der Waals surface area contributed by atoms with Crippen LogP contribution in [0, 0.1) is 5.92 Å². The first-order valence-corrected chi connectivity index (χ1v) is 15.7. The van der Waals surface area contributed by atoms with Gasteiger partial charge in [-0.2, -0.15) is 0 Å². The molecule has 1 amide bonds. The van der Waals surface area contributed by atoms with E-state index in [-0.39, 0.29) is 17.6 Å². The fraction of sp³-hybridized carbons (Fsp3) is 0.250. The summed E-state index contributed by atoms with van der Waals surface area (Å²) in [5, 5.41) is 10.0. The predicted molar refractivity (Wildman–Crippen MR) is 172 cm³/mol. The Morgan fingerprint density at radius 3 is 1.98 bits per heavy atom. The summed E-state index contributed by atoms with van der Waals surface area (Å²) < 4.78 is 2.11. The van der Waals surface area contributed by atoms with Crippen LogP contribution in [0.25, 0.3) is 5.69 Å². The number of benzene rings is 4. The van der Waals surface area contributed by atoms with Crippen LogP contribution in [0.3, 0.4) is 0 Å². The molecular formula is C36H36N4OS. The molecule has 4 aromatic carbocycles. The molecule has 42 heavy (non-hydrogen) atoms. The second kappa shape index (κ2) is 12.4. The van der Waals surface area contributed by atoms with E-state index < -0.39 is 0 Å². The Hall–Kier alpha value is -4.16. The Labute approximate surface area is 252 Å². The molecule has 5 aromatic rings. The molecule has 0 radical (unpaired) electrons. The van der Waals surface area contributed by atoms with E-state index in [1.807, 2.05) is 35.2 Å². The average molecular weight is 573 g/mol. The minimum atomic E-state index is 0.0275. The lowest BCUT2D eigenvalue weighted by Gasteiger charge is -2.25. The number of thioether (sulfide) groups is 1. The van der Waals surface area contributed by atoms with Crippen molar-refractivity contribution in [3.05, 3.63) is 131 Å². The van der Waals surface area contributed by atoms with Gasteiger partial charge in [0, 0.05) is 11.6 Å². The monoisotopic (exact) mass is 572 g/mol. The summed E-state index contributed by atoms with van der Waals surface area (Å²) >= 11 is 1.44. The maximum Gasteiger partial charge on any atom is 0.242 e. The number of carbonyl (C=O) groups excluding carboxylic acids is 1. The summed E-state index contributed by atoms with van der Waals surface area (Å²) in [5.41, 5.74) is 7.83. The largest absolute Gasteiger partial charge is 0.280 e. The molecule has 0 saturated heterocycles. The Morgan fingerprint density at radius 2 is 1.36 bits per heavy atom. The van der Waals surface area contributed by atoms with Crippen molar-refractivity contribution in [1.82, 2.24) is 14.8 Å². The summed E-state index contributed by atoms with van der Waals surface area (Å²) in [6.45, 7) is 6.66. The molecule has 2 heterocycles. The summed E-state index contributed by atoms with van der Waals surface area (Å²) in [7, 11) is 0. The number of nitrogens with zero attached hydrogens (tertiary/aromatic N) is 4. The van der Waals surface area contributed by atoms with Crippen LogP contribution in [-0.2, 0) is 24.1 Å². The van der Waals surface area contributed by atoms with Gasteiger partial charge in [-0.1, -0.05) is 111 Å². The van der Waals surface area contributed by atoms with Crippen LogP contribution in [0.1, 0.15) is 54.8 Å². The second-order valence-corrected chi connectivity index (χ2v) is 12.3. The van der Waals surface area contributed by atoms with Crippen LogP contribution in [0.15, 0.2) is 108 Å². The maximum atomic E-state index is 14.0. The third-order valence-electron chi connectivity index (χ3n) is 7.89. The number of fused-ring (bicyclic) bond motifs is 2. The van der Waals surface area contributed by atoms with Crippen LogP contribution < -0.4 is 4.90 Å². The van der Waals surface area contributed by atoms with Crippen molar-refractivity contribution in [2.24, 2.45) is 5.92 Å². The Balaban J connectivity index is 1.31. The van der Waals surface area contributed by atoms with Gasteiger partial charge < -0.3 is 0 Å². The van der Waals surface area contributed by atoms with Gasteiger partial charge in [0.15, 0.2) is 5.16 Å². The number of aryl methyl sites for hydroxylation is 2. The highest BCUT2D eigenvalue weighted by molar-refractivity contribution is 7.99. The van der Waals surface area contributed by atoms with E-state index >= 15 is 0 Å². The molecule has 6 heteroatoms. The summed E-state index contributed by atoms with van der Waals surface area (Å²) in [6.07, 6.45) is 2.88. The van der Waals surface area contributed by atoms with Gasteiger partial charge in [-0.05, 0) is 71.7 Å². The number of hydrogen-bond donors (Lipinski definition) is 0. The van der Waals surface area contributed by atoms with E-state index in [0.29, 0.717) is 11.1 Å². The van der Waals surface area contributed by atoms with Crippen molar-refractivity contribution in [3.63, 3.8) is 0 Å². The lowest BCUT2D eigenvalue weighted by Crippen LogP contribution is -2.28. The first-order valence-electron chi connectivity index (χ1n) is 14.7. The lowest BCUT2D eigenvalue weighted by atomic mass is 9.96. The van der Waals surface area contributed by atoms with E-state index in [1.54, 1.807) is 0 Å². The third-order valence-corrected chi connectivity index (χ3v) is 8.80. The maximum absolute atomic E-state index is 14.0. The van der Waals surface area contributed by atoms with Crippen molar-refractivity contribution < 1.29 is 4.79 Å². The minimum Gasteiger partial charge on any atom is -0.280 e. The van der Waals surface area contributed by atoms with Crippen molar-refractivity contribution in [3.8, 4) is 5.69 Å². The zero-order chi connectivity index (χ0) is 29.1. The van der Waals surface area contributed by atoms with Crippen LogP contribution >= 0.6 is 11.8 Å². The number of carbonyl (C=O) groups is 1.